The Bertz CT molecular complexity index is 1310. The molecule has 0 bridgehead atoms. The molecule has 4 atom stereocenters. The Kier molecular flexibility index (Phi) is 66.6. The number of hydrogen-bond donors (Lipinski definition) is 5. The van der Waals surface area contributed by atoms with Crippen LogP contribution in [0.25, 0.3) is 0 Å². The first-order chi connectivity index (χ1) is 39.5. The SMILES string of the molecule is CCCCCCCCCCCCCCC/C=C\C/C=C\CCCCCCCCCCCCCCCCCCC(O)C(=O)NC(CO)C(O)C(O)CCC/C=C/CC/C=C/CCCCCCCCCCCCCCCCCCCCC. The number of carbonyl (C=O) groups is 1. The Hall–Kier alpha value is -1.73. The molecule has 472 valence electrons. The van der Waals surface area contributed by atoms with Gasteiger partial charge < -0.3 is 25.7 Å². The number of amides is 1. The van der Waals surface area contributed by atoms with E-state index >= 15 is 0 Å². The predicted octanol–water partition coefficient (Wildman–Crippen LogP) is 22.4. The molecule has 0 saturated heterocycles. The zero-order valence-electron chi connectivity index (χ0n) is 53.8. The molecule has 0 rings (SSSR count). The van der Waals surface area contributed by atoms with Crippen LogP contribution >= 0.6 is 0 Å². The number of aliphatic hydroxyl groups is 4. The van der Waals surface area contributed by atoms with Gasteiger partial charge in [-0.3, -0.25) is 4.79 Å². The molecule has 6 heteroatoms. The predicted molar refractivity (Wildman–Crippen MR) is 353 cm³/mol. The quantitative estimate of drug-likeness (QED) is 0.0308. The molecule has 0 saturated carbocycles. The number of carbonyl (C=O) groups excluding carboxylic acids is 1. The molecule has 0 aromatic heterocycles. The second kappa shape index (κ2) is 68.1. The summed E-state index contributed by atoms with van der Waals surface area (Å²) in [4.78, 5) is 12.7. The van der Waals surface area contributed by atoms with Crippen LogP contribution in [0, 0.1) is 0 Å². The van der Waals surface area contributed by atoms with Crippen molar-refractivity contribution in [2.45, 2.75) is 411 Å². The molecule has 0 heterocycles. The van der Waals surface area contributed by atoms with E-state index in [1.54, 1.807) is 0 Å². The largest absolute Gasteiger partial charge is 0.394 e. The van der Waals surface area contributed by atoms with E-state index in [1.165, 1.54) is 308 Å². The van der Waals surface area contributed by atoms with Gasteiger partial charge in [0.2, 0.25) is 5.91 Å². The van der Waals surface area contributed by atoms with Crippen LogP contribution in [0.5, 0.6) is 0 Å². The van der Waals surface area contributed by atoms with Crippen molar-refractivity contribution in [2.75, 3.05) is 6.61 Å². The lowest BCUT2D eigenvalue weighted by Gasteiger charge is -2.27. The minimum absolute atomic E-state index is 0.361. The summed E-state index contributed by atoms with van der Waals surface area (Å²) in [7, 11) is 0. The number of unbranched alkanes of at least 4 members (excludes halogenated alkanes) is 50. The molecule has 1 amide bonds. The normalized spacial score (nSPS) is 13.7. The van der Waals surface area contributed by atoms with Crippen molar-refractivity contribution in [2.24, 2.45) is 0 Å². The lowest BCUT2D eigenvalue weighted by Crippen LogP contribution is -2.53. The monoisotopic (exact) mass is 1120 g/mol. The minimum atomic E-state index is -1.29. The maximum atomic E-state index is 12.7. The Morgan fingerprint density at radius 1 is 0.312 bits per heavy atom. The van der Waals surface area contributed by atoms with Crippen molar-refractivity contribution in [1.82, 2.24) is 5.32 Å². The van der Waals surface area contributed by atoms with Gasteiger partial charge in [0, 0.05) is 0 Å². The Morgan fingerprint density at radius 3 is 0.863 bits per heavy atom. The summed E-state index contributed by atoms with van der Waals surface area (Å²) >= 11 is 0. The highest BCUT2D eigenvalue weighted by Gasteiger charge is 2.28. The van der Waals surface area contributed by atoms with Crippen LogP contribution < -0.4 is 5.32 Å². The fourth-order valence-corrected chi connectivity index (χ4v) is 11.4. The number of allylic oxidation sites excluding steroid dienone is 8. The molecule has 0 spiro atoms. The van der Waals surface area contributed by atoms with Crippen LogP contribution in [0.2, 0.25) is 0 Å². The van der Waals surface area contributed by atoms with Crippen LogP contribution in [0.1, 0.15) is 386 Å². The molecule has 5 N–H and O–H groups in total. The standard InChI is InChI=1S/C74H141NO5/c1-3-5-7-9-11-13-15-17-19-21-23-25-27-29-31-33-34-35-36-37-38-39-40-42-44-46-48-50-52-54-56-58-60-62-64-66-68-72(78)74(80)75-70(69-76)73(79)71(77)67-65-63-61-59-57-55-53-51-49-47-45-43-41-32-30-28-26-24-22-20-18-16-14-12-10-8-6-4-2/h31,33,35-36,51,53,59,61,70-73,76-79H,3-30,32,34,37-50,52,54-58,60,62-69H2,1-2H3,(H,75,80)/b33-31-,36-35-,53-51+,61-59+. The van der Waals surface area contributed by atoms with Crippen LogP contribution in [0.3, 0.4) is 0 Å². The van der Waals surface area contributed by atoms with Crippen molar-refractivity contribution in [3.05, 3.63) is 48.6 Å². The average molecular weight is 1120 g/mol. The van der Waals surface area contributed by atoms with Gasteiger partial charge in [-0.2, -0.15) is 0 Å². The summed E-state index contributed by atoms with van der Waals surface area (Å²) in [6.45, 7) is 4.09. The number of aliphatic hydroxyl groups excluding tert-OH is 4. The highest BCUT2D eigenvalue weighted by atomic mass is 16.3. The molecule has 0 aliphatic heterocycles. The first kappa shape index (κ1) is 78.3. The third-order valence-electron chi connectivity index (χ3n) is 17.0. The summed E-state index contributed by atoms with van der Waals surface area (Å²) < 4.78 is 0. The van der Waals surface area contributed by atoms with Gasteiger partial charge in [-0.1, -0.05) is 351 Å². The molecule has 6 nitrogen and oxygen atoms in total. The molecule has 0 aliphatic carbocycles. The molecule has 0 radical (unpaired) electrons. The van der Waals surface area contributed by atoms with Gasteiger partial charge in [0.05, 0.1) is 18.8 Å². The fourth-order valence-electron chi connectivity index (χ4n) is 11.4. The smallest absolute Gasteiger partial charge is 0.249 e. The zero-order chi connectivity index (χ0) is 58.0. The van der Waals surface area contributed by atoms with E-state index in [0.717, 1.165) is 44.9 Å². The van der Waals surface area contributed by atoms with E-state index in [-0.39, 0.29) is 0 Å². The van der Waals surface area contributed by atoms with E-state index in [4.69, 9.17) is 0 Å². The lowest BCUT2D eigenvalue weighted by atomic mass is 10.00. The van der Waals surface area contributed by atoms with Gasteiger partial charge in [0.15, 0.2) is 0 Å². The van der Waals surface area contributed by atoms with Gasteiger partial charge in [-0.25, -0.2) is 0 Å². The van der Waals surface area contributed by atoms with Crippen molar-refractivity contribution in [3.63, 3.8) is 0 Å². The van der Waals surface area contributed by atoms with Gasteiger partial charge in [-0.15, -0.1) is 0 Å². The molecule has 0 aromatic rings. The number of rotatable bonds is 67. The van der Waals surface area contributed by atoms with Crippen molar-refractivity contribution < 1.29 is 25.2 Å². The maximum absolute atomic E-state index is 12.7. The van der Waals surface area contributed by atoms with Gasteiger partial charge in [0.25, 0.3) is 0 Å². The highest BCUT2D eigenvalue weighted by molar-refractivity contribution is 5.80. The summed E-state index contributed by atoms with van der Waals surface area (Å²) in [5, 5.41) is 44.2. The lowest BCUT2D eigenvalue weighted by molar-refractivity contribution is -0.132. The van der Waals surface area contributed by atoms with E-state index in [1.807, 2.05) is 0 Å². The van der Waals surface area contributed by atoms with E-state index in [2.05, 4.69) is 67.8 Å². The number of hydrogen-bond acceptors (Lipinski definition) is 5. The fraction of sp³-hybridized carbons (Fsp3) is 0.878. The minimum Gasteiger partial charge on any atom is -0.394 e. The van der Waals surface area contributed by atoms with Crippen molar-refractivity contribution >= 4 is 5.91 Å². The van der Waals surface area contributed by atoms with E-state index in [0.29, 0.717) is 19.3 Å². The van der Waals surface area contributed by atoms with Crippen LogP contribution in [0.15, 0.2) is 48.6 Å². The van der Waals surface area contributed by atoms with Crippen molar-refractivity contribution in [1.29, 1.82) is 0 Å². The van der Waals surface area contributed by atoms with Gasteiger partial charge in [-0.05, 0) is 83.5 Å². The Balaban J connectivity index is 3.59. The Morgan fingerprint density at radius 2 is 0.562 bits per heavy atom. The summed E-state index contributed by atoms with van der Waals surface area (Å²) in [5.74, 6) is -0.593. The van der Waals surface area contributed by atoms with Crippen LogP contribution in [-0.4, -0.2) is 57.3 Å². The third kappa shape index (κ3) is 60.8. The van der Waals surface area contributed by atoms with E-state index in [9.17, 15) is 25.2 Å². The maximum Gasteiger partial charge on any atom is 0.249 e. The van der Waals surface area contributed by atoms with Gasteiger partial charge in [0.1, 0.15) is 12.2 Å². The highest BCUT2D eigenvalue weighted by Crippen LogP contribution is 2.19. The summed E-state index contributed by atoms with van der Waals surface area (Å²) in [5.41, 5.74) is 0. The molecule has 0 aliphatic rings. The second-order valence-corrected chi connectivity index (χ2v) is 24.9. The number of nitrogens with one attached hydrogen (secondary N) is 1. The average Bonchev–Trinajstić information content (AvgIpc) is 3.46. The molecule has 4 unspecified atom stereocenters. The first-order valence-corrected chi connectivity index (χ1v) is 36.0. The molecule has 0 aromatic carbocycles. The van der Waals surface area contributed by atoms with Crippen molar-refractivity contribution in [3.8, 4) is 0 Å². The second-order valence-electron chi connectivity index (χ2n) is 24.9. The Labute approximate surface area is 500 Å². The van der Waals surface area contributed by atoms with Crippen LogP contribution in [0.4, 0.5) is 0 Å². The molecular weight excluding hydrogens is 983 g/mol. The van der Waals surface area contributed by atoms with Gasteiger partial charge >= 0.3 is 0 Å². The molecule has 0 fully saturated rings. The zero-order valence-corrected chi connectivity index (χ0v) is 53.8. The third-order valence-corrected chi connectivity index (χ3v) is 17.0. The van der Waals surface area contributed by atoms with E-state index < -0.39 is 36.9 Å². The summed E-state index contributed by atoms with van der Waals surface area (Å²) in [6.07, 6.45) is 89.7. The molecular formula is C74H141NO5. The first-order valence-electron chi connectivity index (χ1n) is 36.0. The summed E-state index contributed by atoms with van der Waals surface area (Å²) in [6, 6.07) is -1.01. The topological polar surface area (TPSA) is 110 Å². The van der Waals surface area contributed by atoms with Crippen LogP contribution in [-0.2, 0) is 4.79 Å². The molecule has 80 heavy (non-hydrogen) atoms.